The van der Waals surface area contributed by atoms with Crippen LogP contribution in [-0.2, 0) is 11.3 Å². The van der Waals surface area contributed by atoms with Crippen molar-refractivity contribution < 1.29 is 4.79 Å². The predicted molar refractivity (Wildman–Crippen MR) is 60.6 cm³/mol. The number of carbonyl (C=O) groups is 1. The summed E-state index contributed by atoms with van der Waals surface area (Å²) in [6.07, 6.45) is 3.57. The fourth-order valence-corrected chi connectivity index (χ4v) is 2.14. The van der Waals surface area contributed by atoms with Crippen LogP contribution in [0.2, 0.25) is 0 Å². The number of nitrogens with one attached hydrogen (secondary N) is 2. The first-order valence-electron chi connectivity index (χ1n) is 5.62. The van der Waals surface area contributed by atoms with Crippen molar-refractivity contribution in [2.75, 3.05) is 20.1 Å². The minimum atomic E-state index is 0.122. The van der Waals surface area contributed by atoms with Gasteiger partial charge in [0, 0.05) is 31.9 Å². The zero-order valence-electron chi connectivity index (χ0n) is 9.73. The molecule has 1 saturated heterocycles. The molecule has 0 bridgehead atoms. The number of nitrogens with zero attached hydrogens (tertiary/aromatic N) is 2. The molecule has 5 nitrogen and oxygen atoms in total. The summed E-state index contributed by atoms with van der Waals surface area (Å²) in [5.41, 5.74) is 1.04. The molecular weight excluding hydrogens is 204 g/mol. The van der Waals surface area contributed by atoms with Gasteiger partial charge in [0.05, 0.1) is 12.1 Å². The molecule has 1 aromatic heterocycles. The third-order valence-electron chi connectivity index (χ3n) is 3.19. The zero-order valence-corrected chi connectivity index (χ0v) is 9.73. The number of hydrogen-bond acceptors (Lipinski definition) is 3. The average molecular weight is 222 g/mol. The lowest BCUT2D eigenvalue weighted by Crippen LogP contribution is -2.35. The van der Waals surface area contributed by atoms with Crippen LogP contribution in [0.3, 0.4) is 0 Å². The molecule has 2 rings (SSSR count). The van der Waals surface area contributed by atoms with Gasteiger partial charge in [0.25, 0.3) is 0 Å². The molecule has 0 aliphatic carbocycles. The van der Waals surface area contributed by atoms with Crippen molar-refractivity contribution in [2.24, 2.45) is 11.8 Å². The smallest absolute Gasteiger partial charge is 0.227 e. The highest BCUT2D eigenvalue weighted by Crippen LogP contribution is 2.18. The molecule has 0 aromatic carbocycles. The van der Waals surface area contributed by atoms with E-state index < -0.39 is 0 Å². The fraction of sp³-hybridized carbons (Fsp3) is 0.636. The van der Waals surface area contributed by atoms with Gasteiger partial charge in [-0.3, -0.25) is 9.89 Å². The molecule has 88 valence electrons. The fourth-order valence-electron chi connectivity index (χ4n) is 2.14. The van der Waals surface area contributed by atoms with Crippen LogP contribution in [0.5, 0.6) is 0 Å². The third kappa shape index (κ3) is 2.24. The van der Waals surface area contributed by atoms with E-state index in [0.717, 1.165) is 18.7 Å². The number of aromatic amines is 1. The summed E-state index contributed by atoms with van der Waals surface area (Å²) >= 11 is 0. The molecule has 1 aliphatic rings. The molecule has 1 amide bonds. The normalized spacial score (nSPS) is 24.6. The van der Waals surface area contributed by atoms with Gasteiger partial charge < -0.3 is 10.2 Å². The molecule has 2 N–H and O–H groups in total. The third-order valence-corrected chi connectivity index (χ3v) is 3.19. The summed E-state index contributed by atoms with van der Waals surface area (Å²) < 4.78 is 0. The molecule has 1 aromatic rings. The Bertz CT molecular complexity index is 349. The lowest BCUT2D eigenvalue weighted by molar-refractivity contribution is -0.135. The summed E-state index contributed by atoms with van der Waals surface area (Å²) in [7, 11) is 1.85. The average Bonchev–Trinajstić information content (AvgIpc) is 2.88. The SMILES string of the molecule is CC1CNCC1C(=O)N(C)Cc1cn[nH]c1. The lowest BCUT2D eigenvalue weighted by Gasteiger charge is -2.22. The van der Waals surface area contributed by atoms with Crippen molar-refractivity contribution in [3.05, 3.63) is 18.0 Å². The highest BCUT2D eigenvalue weighted by molar-refractivity contribution is 5.79. The van der Waals surface area contributed by atoms with Crippen LogP contribution in [-0.4, -0.2) is 41.1 Å². The van der Waals surface area contributed by atoms with Crippen LogP contribution in [0.15, 0.2) is 12.4 Å². The predicted octanol–water partition coefficient (Wildman–Crippen LogP) is 0.224. The van der Waals surface area contributed by atoms with Gasteiger partial charge in [-0.05, 0) is 12.5 Å². The van der Waals surface area contributed by atoms with Crippen LogP contribution < -0.4 is 5.32 Å². The Hall–Kier alpha value is -1.36. The minimum absolute atomic E-state index is 0.122. The number of carbonyl (C=O) groups excluding carboxylic acids is 1. The van der Waals surface area contributed by atoms with Gasteiger partial charge in [-0.2, -0.15) is 5.10 Å². The van der Waals surface area contributed by atoms with Crippen molar-refractivity contribution in [1.29, 1.82) is 0 Å². The van der Waals surface area contributed by atoms with Crippen molar-refractivity contribution >= 4 is 5.91 Å². The Balaban J connectivity index is 1.94. The second-order valence-electron chi connectivity index (χ2n) is 4.54. The maximum Gasteiger partial charge on any atom is 0.227 e. The minimum Gasteiger partial charge on any atom is -0.341 e. The van der Waals surface area contributed by atoms with E-state index >= 15 is 0 Å². The van der Waals surface area contributed by atoms with Crippen molar-refractivity contribution in [3.8, 4) is 0 Å². The Morgan fingerprint density at radius 2 is 2.44 bits per heavy atom. The Morgan fingerprint density at radius 1 is 1.62 bits per heavy atom. The van der Waals surface area contributed by atoms with E-state index in [0.29, 0.717) is 12.5 Å². The standard InChI is InChI=1S/C11H18N4O/c1-8-3-12-6-10(8)11(16)15(2)7-9-4-13-14-5-9/h4-5,8,10,12H,3,6-7H2,1-2H3,(H,13,14). The maximum atomic E-state index is 12.1. The first-order valence-corrected chi connectivity index (χ1v) is 5.62. The van der Waals surface area contributed by atoms with Gasteiger partial charge in [-0.15, -0.1) is 0 Å². The number of amides is 1. The molecule has 2 atom stereocenters. The van der Waals surface area contributed by atoms with Crippen LogP contribution in [0.25, 0.3) is 0 Å². The molecular formula is C11H18N4O. The second-order valence-corrected chi connectivity index (χ2v) is 4.54. The van der Waals surface area contributed by atoms with Crippen LogP contribution in [0.1, 0.15) is 12.5 Å². The van der Waals surface area contributed by atoms with E-state index in [1.54, 1.807) is 11.1 Å². The Morgan fingerprint density at radius 3 is 3.00 bits per heavy atom. The van der Waals surface area contributed by atoms with Gasteiger partial charge in [0.15, 0.2) is 0 Å². The maximum absolute atomic E-state index is 12.1. The van der Waals surface area contributed by atoms with Crippen molar-refractivity contribution in [1.82, 2.24) is 20.4 Å². The van der Waals surface area contributed by atoms with E-state index in [1.165, 1.54) is 0 Å². The Labute approximate surface area is 95.2 Å². The largest absolute Gasteiger partial charge is 0.341 e. The monoisotopic (exact) mass is 222 g/mol. The van der Waals surface area contributed by atoms with E-state index in [4.69, 9.17) is 0 Å². The van der Waals surface area contributed by atoms with Crippen LogP contribution in [0, 0.1) is 11.8 Å². The highest BCUT2D eigenvalue weighted by Gasteiger charge is 2.31. The number of aromatic nitrogens is 2. The summed E-state index contributed by atoms with van der Waals surface area (Å²) in [5.74, 6) is 0.773. The van der Waals surface area contributed by atoms with E-state index in [-0.39, 0.29) is 11.8 Å². The summed E-state index contributed by atoms with van der Waals surface area (Å²) in [6.45, 7) is 4.48. The topological polar surface area (TPSA) is 61.0 Å². The second kappa shape index (κ2) is 4.65. The summed E-state index contributed by atoms with van der Waals surface area (Å²) in [5, 5.41) is 9.87. The molecule has 0 spiro atoms. The zero-order chi connectivity index (χ0) is 11.5. The van der Waals surface area contributed by atoms with Crippen LogP contribution in [0.4, 0.5) is 0 Å². The molecule has 1 aliphatic heterocycles. The molecule has 0 saturated carbocycles. The first-order chi connectivity index (χ1) is 7.68. The summed E-state index contributed by atoms with van der Waals surface area (Å²) in [4.78, 5) is 13.9. The number of hydrogen-bond donors (Lipinski definition) is 2. The highest BCUT2D eigenvalue weighted by atomic mass is 16.2. The van der Waals surface area contributed by atoms with Crippen molar-refractivity contribution in [3.63, 3.8) is 0 Å². The van der Waals surface area contributed by atoms with E-state index in [9.17, 15) is 4.79 Å². The molecule has 16 heavy (non-hydrogen) atoms. The molecule has 0 radical (unpaired) electrons. The van der Waals surface area contributed by atoms with E-state index in [1.807, 2.05) is 13.2 Å². The summed E-state index contributed by atoms with van der Waals surface area (Å²) in [6, 6.07) is 0. The van der Waals surface area contributed by atoms with Gasteiger partial charge in [-0.25, -0.2) is 0 Å². The van der Waals surface area contributed by atoms with Gasteiger partial charge in [-0.1, -0.05) is 6.92 Å². The number of rotatable bonds is 3. The first kappa shape index (κ1) is 11.1. The Kier molecular flexibility index (Phi) is 3.24. The molecule has 5 heteroatoms. The molecule has 2 heterocycles. The molecule has 2 unspecified atom stereocenters. The van der Waals surface area contributed by atoms with Gasteiger partial charge >= 0.3 is 0 Å². The van der Waals surface area contributed by atoms with Gasteiger partial charge in [0.2, 0.25) is 5.91 Å². The van der Waals surface area contributed by atoms with Crippen molar-refractivity contribution in [2.45, 2.75) is 13.5 Å². The number of H-pyrrole nitrogens is 1. The molecule has 1 fully saturated rings. The van der Waals surface area contributed by atoms with E-state index in [2.05, 4.69) is 22.4 Å². The van der Waals surface area contributed by atoms with Gasteiger partial charge in [0.1, 0.15) is 0 Å². The lowest BCUT2D eigenvalue weighted by atomic mass is 9.97. The van der Waals surface area contributed by atoms with Crippen LogP contribution >= 0.6 is 0 Å². The quantitative estimate of drug-likeness (QED) is 0.769.